The molecule has 1 aromatic rings. The number of amides is 3. The number of nitrogens with one attached hydrogen (secondary N) is 2. The monoisotopic (exact) mass is 409 g/mol. The Balaban J connectivity index is 2.42. The Kier molecular flexibility index (Phi) is 9.43. The van der Waals surface area contributed by atoms with Crippen LogP contribution in [-0.4, -0.2) is 65.8 Å². The third-order valence-corrected chi connectivity index (χ3v) is 3.33. The minimum atomic E-state index is -1.22. The molecule has 0 aliphatic carbocycles. The number of aliphatic carboxylic acids is 1. The molecular weight excluding hydrogens is 382 g/mol. The van der Waals surface area contributed by atoms with Crippen molar-refractivity contribution in [3.8, 4) is 0 Å². The predicted octanol–water partition coefficient (Wildman–Crippen LogP) is 1.35. The van der Waals surface area contributed by atoms with E-state index < -0.39 is 42.8 Å². The number of hydrogen-bond acceptors (Lipinski definition) is 6. The summed E-state index contributed by atoms with van der Waals surface area (Å²) in [6.45, 7) is 4.07. The van der Waals surface area contributed by atoms with Crippen LogP contribution in [0.2, 0.25) is 0 Å². The van der Waals surface area contributed by atoms with Gasteiger partial charge >= 0.3 is 18.2 Å². The van der Waals surface area contributed by atoms with Crippen molar-refractivity contribution in [1.29, 1.82) is 0 Å². The van der Waals surface area contributed by atoms with Crippen LogP contribution in [0.3, 0.4) is 0 Å². The molecule has 0 aliphatic rings. The number of nitrogens with zero attached hydrogens (tertiary/aromatic N) is 1. The molecule has 0 atom stereocenters. The molecule has 10 heteroatoms. The maximum Gasteiger partial charge on any atom is 0.407 e. The topological polar surface area (TPSA) is 134 Å². The Bertz CT molecular complexity index is 702. The Labute approximate surface area is 169 Å². The predicted molar refractivity (Wildman–Crippen MR) is 103 cm³/mol. The van der Waals surface area contributed by atoms with Crippen molar-refractivity contribution in [3.63, 3.8) is 0 Å². The largest absolute Gasteiger partial charge is 0.480 e. The molecule has 3 N–H and O–H groups in total. The molecule has 0 saturated heterocycles. The number of rotatable bonds is 9. The summed E-state index contributed by atoms with van der Waals surface area (Å²) < 4.78 is 10.0. The second kappa shape index (κ2) is 11.5. The Morgan fingerprint density at radius 2 is 1.69 bits per heavy atom. The lowest BCUT2D eigenvalue weighted by atomic mass is 10.2. The molecule has 10 nitrogen and oxygen atoms in total. The van der Waals surface area contributed by atoms with Crippen LogP contribution >= 0.6 is 0 Å². The van der Waals surface area contributed by atoms with E-state index in [0.29, 0.717) is 0 Å². The van der Waals surface area contributed by atoms with Gasteiger partial charge in [-0.2, -0.15) is 0 Å². The fraction of sp³-hybridized carbons (Fsp3) is 0.474. The van der Waals surface area contributed by atoms with Gasteiger partial charge in [0.05, 0.1) is 0 Å². The second-order valence-corrected chi connectivity index (χ2v) is 7.05. The first-order valence-electron chi connectivity index (χ1n) is 8.98. The van der Waals surface area contributed by atoms with E-state index in [4.69, 9.17) is 14.6 Å². The molecule has 1 rings (SSSR count). The van der Waals surface area contributed by atoms with Gasteiger partial charge in [0, 0.05) is 13.1 Å². The van der Waals surface area contributed by atoms with E-state index in [-0.39, 0.29) is 19.7 Å². The van der Waals surface area contributed by atoms with Gasteiger partial charge in [0.2, 0.25) is 5.91 Å². The third-order valence-electron chi connectivity index (χ3n) is 3.33. The minimum Gasteiger partial charge on any atom is -0.480 e. The summed E-state index contributed by atoms with van der Waals surface area (Å²) in [7, 11) is 0. The number of hydrogen-bond donors (Lipinski definition) is 3. The van der Waals surface area contributed by atoms with Crippen molar-refractivity contribution < 1.29 is 33.8 Å². The first-order valence-corrected chi connectivity index (χ1v) is 8.98. The highest BCUT2D eigenvalue weighted by Crippen LogP contribution is 2.06. The molecule has 160 valence electrons. The average Bonchev–Trinajstić information content (AvgIpc) is 2.62. The number of alkyl carbamates (subject to hydrolysis) is 2. The summed E-state index contributed by atoms with van der Waals surface area (Å²) >= 11 is 0. The van der Waals surface area contributed by atoms with E-state index in [9.17, 15) is 19.2 Å². The fourth-order valence-electron chi connectivity index (χ4n) is 2.10. The molecule has 0 fully saturated rings. The van der Waals surface area contributed by atoms with Crippen LogP contribution in [0.4, 0.5) is 9.59 Å². The van der Waals surface area contributed by atoms with Crippen LogP contribution in [0.5, 0.6) is 0 Å². The molecule has 0 unspecified atom stereocenters. The molecule has 0 heterocycles. The highest BCUT2D eigenvalue weighted by molar-refractivity contribution is 5.85. The van der Waals surface area contributed by atoms with Gasteiger partial charge in [-0.05, 0) is 26.3 Å². The van der Waals surface area contributed by atoms with Crippen LogP contribution < -0.4 is 10.6 Å². The van der Waals surface area contributed by atoms with Gasteiger partial charge in [-0.3, -0.25) is 9.59 Å². The van der Waals surface area contributed by atoms with Gasteiger partial charge in [-0.25, -0.2) is 9.59 Å². The van der Waals surface area contributed by atoms with Crippen molar-refractivity contribution >= 4 is 24.1 Å². The summed E-state index contributed by atoms with van der Waals surface area (Å²) in [5, 5.41) is 13.7. The second-order valence-electron chi connectivity index (χ2n) is 7.05. The Morgan fingerprint density at radius 1 is 1.03 bits per heavy atom. The van der Waals surface area contributed by atoms with Crippen molar-refractivity contribution in [2.75, 3.05) is 26.2 Å². The van der Waals surface area contributed by atoms with Crippen LogP contribution in [0.15, 0.2) is 30.3 Å². The number of carbonyl (C=O) groups excluding carboxylic acids is 3. The summed E-state index contributed by atoms with van der Waals surface area (Å²) in [4.78, 5) is 47.5. The SMILES string of the molecule is CC(C)(C)OC(=O)NCCN(CC(=O)O)C(=O)CNC(=O)OCc1ccccc1. The molecule has 0 saturated carbocycles. The normalized spacial score (nSPS) is 10.6. The van der Waals surface area contributed by atoms with Gasteiger partial charge in [0.25, 0.3) is 0 Å². The lowest BCUT2D eigenvalue weighted by Gasteiger charge is -2.23. The zero-order chi connectivity index (χ0) is 21.9. The molecule has 29 heavy (non-hydrogen) atoms. The van der Waals surface area contributed by atoms with Gasteiger partial charge in [0.1, 0.15) is 25.3 Å². The summed E-state index contributed by atoms with van der Waals surface area (Å²) in [5.41, 5.74) is 0.111. The summed E-state index contributed by atoms with van der Waals surface area (Å²) in [5.74, 6) is -1.85. The molecule has 0 spiro atoms. The van der Waals surface area contributed by atoms with Crippen molar-refractivity contribution in [1.82, 2.24) is 15.5 Å². The van der Waals surface area contributed by atoms with Crippen molar-refractivity contribution in [2.45, 2.75) is 33.0 Å². The molecule has 0 radical (unpaired) electrons. The standard InChI is InChI=1S/C19H27N3O7/c1-19(2,3)29-18(27)20-9-10-22(12-16(24)25)15(23)11-21-17(26)28-13-14-7-5-4-6-8-14/h4-8H,9-13H2,1-3H3,(H,20,27)(H,21,26)(H,24,25). The molecular formula is C19H27N3O7. The molecule has 1 aromatic carbocycles. The van der Waals surface area contributed by atoms with Crippen LogP contribution in [0, 0.1) is 0 Å². The van der Waals surface area contributed by atoms with E-state index in [1.807, 2.05) is 6.07 Å². The van der Waals surface area contributed by atoms with E-state index >= 15 is 0 Å². The molecule has 3 amide bonds. The maximum atomic E-state index is 12.2. The average molecular weight is 409 g/mol. The Hall–Kier alpha value is -3.30. The van der Waals surface area contributed by atoms with Crippen LogP contribution in [-0.2, 0) is 25.7 Å². The number of ether oxygens (including phenoxy) is 2. The molecule has 0 bridgehead atoms. The van der Waals surface area contributed by atoms with Gasteiger partial charge in [-0.1, -0.05) is 30.3 Å². The van der Waals surface area contributed by atoms with E-state index in [2.05, 4.69) is 10.6 Å². The molecule has 0 aromatic heterocycles. The Morgan fingerprint density at radius 3 is 2.28 bits per heavy atom. The quantitative estimate of drug-likeness (QED) is 0.560. The van der Waals surface area contributed by atoms with E-state index in [0.717, 1.165) is 10.5 Å². The van der Waals surface area contributed by atoms with Crippen molar-refractivity contribution in [3.05, 3.63) is 35.9 Å². The smallest absolute Gasteiger partial charge is 0.407 e. The zero-order valence-electron chi connectivity index (χ0n) is 16.8. The summed E-state index contributed by atoms with van der Waals surface area (Å²) in [6.07, 6.45) is -1.48. The number of carbonyl (C=O) groups is 4. The van der Waals surface area contributed by atoms with E-state index in [1.165, 1.54) is 0 Å². The lowest BCUT2D eigenvalue weighted by Crippen LogP contribution is -2.46. The van der Waals surface area contributed by atoms with Gasteiger partial charge in [-0.15, -0.1) is 0 Å². The maximum absolute atomic E-state index is 12.2. The van der Waals surface area contributed by atoms with Gasteiger partial charge in [0.15, 0.2) is 0 Å². The number of benzene rings is 1. The van der Waals surface area contributed by atoms with Gasteiger partial charge < -0.3 is 30.1 Å². The minimum absolute atomic E-state index is 0.00755. The van der Waals surface area contributed by atoms with E-state index in [1.54, 1.807) is 45.0 Å². The number of carboxylic acid groups (broad SMARTS) is 1. The first-order chi connectivity index (χ1) is 13.6. The highest BCUT2D eigenvalue weighted by Gasteiger charge is 2.19. The number of carboxylic acids is 1. The van der Waals surface area contributed by atoms with Crippen LogP contribution in [0.1, 0.15) is 26.3 Å². The van der Waals surface area contributed by atoms with Crippen molar-refractivity contribution in [2.24, 2.45) is 0 Å². The first kappa shape index (κ1) is 23.7. The fourth-order valence-corrected chi connectivity index (χ4v) is 2.10. The highest BCUT2D eigenvalue weighted by atomic mass is 16.6. The molecule has 0 aliphatic heterocycles. The zero-order valence-corrected chi connectivity index (χ0v) is 16.8. The summed E-state index contributed by atoms with van der Waals surface area (Å²) in [6, 6.07) is 9.00. The third kappa shape index (κ3) is 11.2. The lowest BCUT2D eigenvalue weighted by molar-refractivity contribution is -0.144. The van der Waals surface area contributed by atoms with Crippen LogP contribution in [0.25, 0.3) is 0 Å².